The summed E-state index contributed by atoms with van der Waals surface area (Å²) >= 11 is 0. The Kier molecular flexibility index (Phi) is 6.83. The Bertz CT molecular complexity index is 1300. The first-order valence-corrected chi connectivity index (χ1v) is 11.8. The van der Waals surface area contributed by atoms with Crippen LogP contribution >= 0.6 is 0 Å². The van der Waals surface area contributed by atoms with Gasteiger partial charge < -0.3 is 14.6 Å². The van der Waals surface area contributed by atoms with Gasteiger partial charge in [-0.3, -0.25) is 14.9 Å². The number of rotatable bonds is 8. The number of hydrogen-bond donors (Lipinski definition) is 2. The highest BCUT2D eigenvalue weighted by atomic mass is 16.5. The molecule has 2 N–H and O–H groups in total. The van der Waals surface area contributed by atoms with E-state index in [4.69, 9.17) is 14.6 Å². The number of aromatic nitrogens is 6. The standard InChI is InChI=1S/C26H26N6O4/c1-35-20-9-4-17(5-10-20)24-30-25(32-31-24)18-6-11-22(27-13-18)19-14-28-26(29-15-19)36-21-7-2-16(3-8-21)12-23(33)34/h4-6,9-11,13-16,21H,2-3,7-8,12H2,1H3,(H,33,34)(H,30,31,32). The summed E-state index contributed by atoms with van der Waals surface area (Å²) in [5.74, 6) is 1.49. The number of carboxylic acid groups (broad SMARTS) is 1. The van der Waals surface area contributed by atoms with Gasteiger partial charge in [0.2, 0.25) is 0 Å². The molecule has 0 saturated heterocycles. The van der Waals surface area contributed by atoms with Gasteiger partial charge in [0.25, 0.3) is 0 Å². The molecule has 0 unspecified atom stereocenters. The first-order valence-electron chi connectivity index (χ1n) is 11.8. The van der Waals surface area contributed by atoms with Crippen molar-refractivity contribution in [3.63, 3.8) is 0 Å². The lowest BCUT2D eigenvalue weighted by Crippen LogP contribution is -2.25. The molecular formula is C26H26N6O4. The van der Waals surface area contributed by atoms with Crippen LogP contribution in [0.5, 0.6) is 11.8 Å². The molecule has 1 aliphatic carbocycles. The number of carboxylic acids is 1. The highest BCUT2D eigenvalue weighted by molar-refractivity contribution is 5.67. The van der Waals surface area contributed by atoms with E-state index in [1.54, 1.807) is 25.7 Å². The van der Waals surface area contributed by atoms with Crippen LogP contribution in [0.4, 0.5) is 0 Å². The second-order valence-corrected chi connectivity index (χ2v) is 8.78. The van der Waals surface area contributed by atoms with Crippen molar-refractivity contribution >= 4 is 5.97 Å². The van der Waals surface area contributed by atoms with E-state index in [9.17, 15) is 4.79 Å². The van der Waals surface area contributed by atoms with Crippen molar-refractivity contribution in [3.8, 4) is 45.8 Å². The van der Waals surface area contributed by atoms with Gasteiger partial charge >= 0.3 is 12.0 Å². The second-order valence-electron chi connectivity index (χ2n) is 8.78. The maximum Gasteiger partial charge on any atom is 0.316 e. The van der Waals surface area contributed by atoms with Crippen molar-refractivity contribution in [2.24, 2.45) is 5.92 Å². The summed E-state index contributed by atoms with van der Waals surface area (Å²) in [6.07, 6.45) is 8.66. The number of hydrogen-bond acceptors (Lipinski definition) is 8. The molecule has 0 bridgehead atoms. The monoisotopic (exact) mass is 486 g/mol. The van der Waals surface area contributed by atoms with Crippen LogP contribution in [0.1, 0.15) is 32.1 Å². The van der Waals surface area contributed by atoms with E-state index in [0.717, 1.165) is 53.8 Å². The summed E-state index contributed by atoms with van der Waals surface area (Å²) in [4.78, 5) is 28.7. The van der Waals surface area contributed by atoms with Gasteiger partial charge in [-0.1, -0.05) is 0 Å². The number of ether oxygens (including phenoxy) is 2. The molecular weight excluding hydrogens is 460 g/mol. The normalized spacial score (nSPS) is 17.5. The first-order chi connectivity index (χ1) is 17.6. The zero-order valence-electron chi connectivity index (χ0n) is 19.8. The van der Waals surface area contributed by atoms with Crippen LogP contribution in [0.3, 0.4) is 0 Å². The lowest BCUT2D eigenvalue weighted by molar-refractivity contribution is -0.138. The SMILES string of the molecule is COc1ccc(-c2nc(-c3ccc(-c4cnc(OC5CCC(CC(=O)O)CC5)nc4)nc3)n[nH]2)cc1. The maximum atomic E-state index is 10.9. The van der Waals surface area contributed by atoms with Gasteiger partial charge in [-0.2, -0.15) is 5.10 Å². The Balaban J connectivity index is 1.20. The highest BCUT2D eigenvalue weighted by Crippen LogP contribution is 2.29. The number of nitrogens with zero attached hydrogens (tertiary/aromatic N) is 5. The topological polar surface area (TPSA) is 136 Å². The molecule has 0 radical (unpaired) electrons. The fraction of sp³-hybridized carbons (Fsp3) is 0.308. The van der Waals surface area contributed by atoms with Gasteiger partial charge in [0.1, 0.15) is 11.9 Å². The number of H-pyrrole nitrogens is 1. The summed E-state index contributed by atoms with van der Waals surface area (Å²) in [6, 6.07) is 11.7. The molecule has 3 aromatic heterocycles. The Labute approximate surface area is 207 Å². The van der Waals surface area contributed by atoms with E-state index in [-0.39, 0.29) is 18.4 Å². The number of methoxy groups -OCH3 is 1. The third kappa shape index (κ3) is 5.48. The van der Waals surface area contributed by atoms with Crippen LogP contribution in [-0.4, -0.2) is 54.4 Å². The number of aromatic amines is 1. The van der Waals surface area contributed by atoms with E-state index < -0.39 is 5.97 Å². The molecule has 1 fully saturated rings. The third-order valence-corrected chi connectivity index (χ3v) is 6.32. The number of aliphatic carboxylic acids is 1. The van der Waals surface area contributed by atoms with E-state index in [1.807, 2.05) is 36.4 Å². The van der Waals surface area contributed by atoms with Gasteiger partial charge in [0, 0.05) is 41.7 Å². The Morgan fingerprint density at radius 2 is 1.64 bits per heavy atom. The Morgan fingerprint density at radius 1 is 0.944 bits per heavy atom. The van der Waals surface area contributed by atoms with Gasteiger partial charge in [0.05, 0.1) is 12.8 Å². The zero-order chi connectivity index (χ0) is 24.9. The van der Waals surface area contributed by atoms with Gasteiger partial charge in [-0.25, -0.2) is 15.0 Å². The molecule has 4 aromatic rings. The van der Waals surface area contributed by atoms with Gasteiger partial charge in [0.15, 0.2) is 11.6 Å². The number of benzene rings is 1. The molecule has 10 nitrogen and oxygen atoms in total. The molecule has 0 amide bonds. The molecule has 1 aliphatic rings. The minimum atomic E-state index is -0.737. The summed E-state index contributed by atoms with van der Waals surface area (Å²) in [5.41, 5.74) is 3.19. The average Bonchev–Trinajstić information content (AvgIpc) is 3.41. The lowest BCUT2D eigenvalue weighted by atomic mass is 9.85. The van der Waals surface area contributed by atoms with E-state index in [1.165, 1.54) is 0 Å². The summed E-state index contributed by atoms with van der Waals surface area (Å²) in [5, 5.41) is 16.2. The molecule has 3 heterocycles. The lowest BCUT2D eigenvalue weighted by Gasteiger charge is -2.27. The molecule has 0 spiro atoms. The fourth-order valence-corrected chi connectivity index (χ4v) is 4.32. The molecule has 0 atom stereocenters. The smallest absolute Gasteiger partial charge is 0.316 e. The van der Waals surface area contributed by atoms with Crippen molar-refractivity contribution in [1.29, 1.82) is 0 Å². The summed E-state index contributed by atoms with van der Waals surface area (Å²) in [7, 11) is 1.63. The molecule has 1 aromatic carbocycles. The summed E-state index contributed by atoms with van der Waals surface area (Å²) in [6.45, 7) is 0. The molecule has 36 heavy (non-hydrogen) atoms. The van der Waals surface area contributed by atoms with Crippen LogP contribution in [0.2, 0.25) is 0 Å². The van der Waals surface area contributed by atoms with Gasteiger partial charge in [-0.05, 0) is 68.0 Å². The highest BCUT2D eigenvalue weighted by Gasteiger charge is 2.24. The third-order valence-electron chi connectivity index (χ3n) is 6.32. The minimum Gasteiger partial charge on any atom is -0.497 e. The second kappa shape index (κ2) is 10.5. The van der Waals surface area contributed by atoms with Crippen LogP contribution in [-0.2, 0) is 4.79 Å². The van der Waals surface area contributed by atoms with Crippen molar-refractivity contribution in [1.82, 2.24) is 30.1 Å². The minimum absolute atomic E-state index is 0.0162. The fourth-order valence-electron chi connectivity index (χ4n) is 4.32. The van der Waals surface area contributed by atoms with E-state index in [2.05, 4.69) is 30.1 Å². The van der Waals surface area contributed by atoms with Crippen LogP contribution in [0, 0.1) is 5.92 Å². The van der Waals surface area contributed by atoms with Crippen molar-refractivity contribution in [2.45, 2.75) is 38.2 Å². The quantitative estimate of drug-likeness (QED) is 0.371. The Morgan fingerprint density at radius 3 is 2.28 bits per heavy atom. The average molecular weight is 487 g/mol. The van der Waals surface area contributed by atoms with E-state index >= 15 is 0 Å². The van der Waals surface area contributed by atoms with Crippen molar-refractivity contribution in [2.75, 3.05) is 7.11 Å². The zero-order valence-corrected chi connectivity index (χ0v) is 19.8. The van der Waals surface area contributed by atoms with Gasteiger partial charge in [-0.15, -0.1) is 0 Å². The first kappa shape index (κ1) is 23.4. The Hall–Kier alpha value is -4.34. The number of pyridine rings is 1. The van der Waals surface area contributed by atoms with Crippen molar-refractivity contribution in [3.05, 3.63) is 55.0 Å². The molecule has 0 aliphatic heterocycles. The van der Waals surface area contributed by atoms with Crippen LogP contribution in [0.15, 0.2) is 55.0 Å². The van der Waals surface area contributed by atoms with Crippen LogP contribution < -0.4 is 9.47 Å². The largest absolute Gasteiger partial charge is 0.497 e. The molecule has 184 valence electrons. The predicted molar refractivity (Wildman–Crippen MR) is 131 cm³/mol. The summed E-state index contributed by atoms with van der Waals surface area (Å²) < 4.78 is 11.1. The number of nitrogens with one attached hydrogen (secondary N) is 1. The van der Waals surface area contributed by atoms with E-state index in [0.29, 0.717) is 17.7 Å². The van der Waals surface area contributed by atoms with Crippen LogP contribution in [0.25, 0.3) is 34.0 Å². The van der Waals surface area contributed by atoms with Crippen molar-refractivity contribution < 1.29 is 19.4 Å². The maximum absolute atomic E-state index is 10.9. The molecule has 1 saturated carbocycles. The molecule has 10 heteroatoms. The predicted octanol–water partition coefficient (Wildman–Crippen LogP) is 4.41. The molecule has 5 rings (SSSR count). The number of carbonyl (C=O) groups is 1.